The van der Waals surface area contributed by atoms with E-state index in [4.69, 9.17) is 0 Å². The number of likely N-dealkylation sites (tertiary alicyclic amines) is 1. The van der Waals surface area contributed by atoms with Crippen molar-refractivity contribution in [3.8, 4) is 11.8 Å². The van der Waals surface area contributed by atoms with Crippen LogP contribution in [0.3, 0.4) is 0 Å². The van der Waals surface area contributed by atoms with E-state index in [1.807, 2.05) is 37.3 Å². The van der Waals surface area contributed by atoms with E-state index in [9.17, 15) is 18.0 Å². The molecule has 5 rings (SSSR count). The first kappa shape index (κ1) is 27.4. The number of halogens is 3. The number of carbonyl (C=O) groups is 1. The van der Waals surface area contributed by atoms with Crippen molar-refractivity contribution in [2.75, 3.05) is 31.5 Å². The number of carbonyl (C=O) groups excluding carboxylic acids is 1. The van der Waals surface area contributed by atoms with Crippen molar-refractivity contribution in [1.29, 1.82) is 0 Å². The van der Waals surface area contributed by atoms with Crippen LogP contribution in [0.1, 0.15) is 51.0 Å². The molecule has 1 saturated heterocycles. The number of aromatic nitrogens is 2. The van der Waals surface area contributed by atoms with Crippen LogP contribution >= 0.6 is 0 Å². The molecular weight excluding hydrogens is 513 g/mol. The Balaban J connectivity index is 1.38. The molecule has 1 N–H and O–H groups in total. The predicted molar refractivity (Wildman–Crippen MR) is 150 cm³/mol. The molecule has 1 aliphatic heterocycles. The lowest BCUT2D eigenvalue weighted by atomic mass is 9.96. The maximum atomic E-state index is 13.5. The molecule has 4 aromatic rings. The number of ketones is 1. The van der Waals surface area contributed by atoms with Gasteiger partial charge in [0.1, 0.15) is 0 Å². The fourth-order valence-corrected chi connectivity index (χ4v) is 4.89. The fraction of sp³-hybridized carbons (Fsp3) is 0.281. The van der Waals surface area contributed by atoms with Crippen LogP contribution in [0.15, 0.2) is 66.9 Å². The SMILES string of the molecule is Cc1ccc(C(=O)Cc2cc(C(F)(F)F)ccc2NCCN2CCCC2)cc1C#Cc1cnnc2ccccc12. The first-order valence-electron chi connectivity index (χ1n) is 13.3. The number of rotatable bonds is 7. The highest BCUT2D eigenvalue weighted by Crippen LogP contribution is 2.32. The van der Waals surface area contributed by atoms with E-state index in [1.165, 1.54) is 18.9 Å². The standard InChI is InChI=1S/C32H29F3N4O/c1-22-8-9-24(18-23(22)10-11-25-21-37-38-30-7-3-2-6-28(25)30)31(40)20-26-19-27(32(33,34)35)12-13-29(26)36-14-17-39-15-4-5-16-39/h2-3,6-9,12-13,18-19,21,36H,4-5,14-17,20H2,1H3. The number of Topliss-reactive ketones (excluding diaryl/α,β-unsaturated/α-hetero) is 1. The van der Waals surface area contributed by atoms with Gasteiger partial charge in [0.05, 0.1) is 22.8 Å². The Labute approximate surface area is 231 Å². The summed E-state index contributed by atoms with van der Waals surface area (Å²) in [6.07, 6.45) is -0.723. The summed E-state index contributed by atoms with van der Waals surface area (Å²) in [7, 11) is 0. The normalized spacial score (nSPS) is 13.7. The molecule has 0 saturated carbocycles. The van der Waals surface area contributed by atoms with Gasteiger partial charge in [0.15, 0.2) is 5.78 Å². The van der Waals surface area contributed by atoms with E-state index in [2.05, 4.69) is 32.3 Å². The Morgan fingerprint density at radius 3 is 2.58 bits per heavy atom. The van der Waals surface area contributed by atoms with Gasteiger partial charge in [0.2, 0.25) is 0 Å². The zero-order valence-electron chi connectivity index (χ0n) is 22.2. The lowest BCUT2D eigenvalue weighted by Gasteiger charge is -2.18. The van der Waals surface area contributed by atoms with Gasteiger partial charge in [0, 0.05) is 41.7 Å². The van der Waals surface area contributed by atoms with Gasteiger partial charge in [-0.25, -0.2) is 0 Å². The van der Waals surface area contributed by atoms with Gasteiger partial charge in [-0.3, -0.25) is 4.79 Å². The van der Waals surface area contributed by atoms with Crippen molar-refractivity contribution < 1.29 is 18.0 Å². The molecule has 1 aromatic heterocycles. The van der Waals surface area contributed by atoms with Gasteiger partial charge in [-0.2, -0.15) is 23.4 Å². The summed E-state index contributed by atoms with van der Waals surface area (Å²) in [6, 6.07) is 16.3. The largest absolute Gasteiger partial charge is 0.416 e. The van der Waals surface area contributed by atoms with Gasteiger partial charge in [-0.1, -0.05) is 42.2 Å². The van der Waals surface area contributed by atoms with Crippen molar-refractivity contribution in [1.82, 2.24) is 15.1 Å². The number of anilines is 1. The molecule has 0 atom stereocenters. The number of nitrogens with zero attached hydrogens (tertiary/aromatic N) is 3. The summed E-state index contributed by atoms with van der Waals surface area (Å²) in [6.45, 7) is 5.36. The van der Waals surface area contributed by atoms with Gasteiger partial charge in [0.25, 0.3) is 0 Å². The Morgan fingerprint density at radius 2 is 1.77 bits per heavy atom. The average molecular weight is 543 g/mol. The Morgan fingerprint density at radius 1 is 1.00 bits per heavy atom. The Hall–Kier alpha value is -4.22. The summed E-state index contributed by atoms with van der Waals surface area (Å²) in [5, 5.41) is 12.3. The lowest BCUT2D eigenvalue weighted by Crippen LogP contribution is -2.26. The number of fused-ring (bicyclic) bond motifs is 1. The van der Waals surface area contributed by atoms with Gasteiger partial charge >= 0.3 is 6.18 Å². The van der Waals surface area contributed by atoms with Crippen LogP contribution in [-0.2, 0) is 12.6 Å². The van der Waals surface area contributed by atoms with Crippen molar-refractivity contribution in [2.45, 2.75) is 32.4 Å². The molecular formula is C32H29F3N4O. The van der Waals surface area contributed by atoms with Crippen molar-refractivity contribution in [3.63, 3.8) is 0 Å². The highest BCUT2D eigenvalue weighted by molar-refractivity contribution is 5.98. The van der Waals surface area contributed by atoms with Crippen LogP contribution in [0.4, 0.5) is 18.9 Å². The zero-order chi connectivity index (χ0) is 28.1. The monoisotopic (exact) mass is 542 g/mol. The zero-order valence-corrected chi connectivity index (χ0v) is 22.2. The van der Waals surface area contributed by atoms with Crippen LogP contribution in [0.5, 0.6) is 0 Å². The molecule has 2 heterocycles. The quantitative estimate of drug-likeness (QED) is 0.220. The molecule has 0 amide bonds. The molecule has 0 bridgehead atoms. The molecule has 3 aromatic carbocycles. The van der Waals surface area contributed by atoms with Crippen molar-refractivity contribution in [2.24, 2.45) is 0 Å². The second-order valence-electron chi connectivity index (χ2n) is 10.0. The third-order valence-electron chi connectivity index (χ3n) is 7.16. The second-order valence-corrected chi connectivity index (χ2v) is 10.0. The number of alkyl halides is 3. The maximum absolute atomic E-state index is 13.5. The topological polar surface area (TPSA) is 58.1 Å². The maximum Gasteiger partial charge on any atom is 0.416 e. The Bertz CT molecular complexity index is 1590. The highest BCUT2D eigenvalue weighted by atomic mass is 19.4. The molecule has 0 radical (unpaired) electrons. The minimum Gasteiger partial charge on any atom is -0.384 e. The number of hydrogen-bond donors (Lipinski definition) is 1. The number of aryl methyl sites for hydroxylation is 1. The van der Waals surface area contributed by atoms with E-state index >= 15 is 0 Å². The smallest absolute Gasteiger partial charge is 0.384 e. The van der Waals surface area contributed by atoms with Crippen LogP contribution in [0.2, 0.25) is 0 Å². The van der Waals surface area contributed by atoms with Crippen LogP contribution in [0, 0.1) is 18.8 Å². The summed E-state index contributed by atoms with van der Waals surface area (Å²) in [5.41, 5.74) is 3.50. The number of hydrogen-bond acceptors (Lipinski definition) is 5. The fourth-order valence-electron chi connectivity index (χ4n) is 4.89. The summed E-state index contributed by atoms with van der Waals surface area (Å²) < 4.78 is 40.5. The minimum atomic E-state index is -4.50. The van der Waals surface area contributed by atoms with E-state index in [0.29, 0.717) is 28.9 Å². The molecule has 0 unspecified atom stereocenters. The number of nitrogens with one attached hydrogen (secondary N) is 1. The highest BCUT2D eigenvalue weighted by Gasteiger charge is 2.31. The van der Waals surface area contributed by atoms with Crippen LogP contribution in [0.25, 0.3) is 10.9 Å². The van der Waals surface area contributed by atoms with Gasteiger partial charge < -0.3 is 10.2 Å². The minimum absolute atomic E-state index is 0.162. The third-order valence-corrected chi connectivity index (χ3v) is 7.16. The van der Waals surface area contributed by atoms with E-state index in [0.717, 1.165) is 53.8 Å². The van der Waals surface area contributed by atoms with E-state index in [1.54, 1.807) is 18.3 Å². The molecule has 5 nitrogen and oxygen atoms in total. The van der Waals surface area contributed by atoms with Gasteiger partial charge in [-0.05, 0) is 74.3 Å². The van der Waals surface area contributed by atoms with Crippen LogP contribution < -0.4 is 5.32 Å². The number of benzene rings is 3. The predicted octanol–water partition coefficient (Wildman–Crippen LogP) is 6.29. The summed E-state index contributed by atoms with van der Waals surface area (Å²) in [5.74, 6) is 6.00. The van der Waals surface area contributed by atoms with E-state index < -0.39 is 11.7 Å². The van der Waals surface area contributed by atoms with Crippen molar-refractivity contribution >= 4 is 22.4 Å². The molecule has 8 heteroatoms. The molecule has 204 valence electrons. The molecule has 1 fully saturated rings. The second kappa shape index (κ2) is 11.9. The first-order valence-corrected chi connectivity index (χ1v) is 13.3. The lowest BCUT2D eigenvalue weighted by molar-refractivity contribution is -0.137. The molecule has 40 heavy (non-hydrogen) atoms. The molecule has 0 spiro atoms. The van der Waals surface area contributed by atoms with Crippen molar-refractivity contribution in [3.05, 3.63) is 100 Å². The van der Waals surface area contributed by atoms with E-state index in [-0.39, 0.29) is 12.2 Å². The average Bonchev–Trinajstić information content (AvgIpc) is 3.46. The van der Waals surface area contributed by atoms with Gasteiger partial charge in [-0.15, -0.1) is 0 Å². The van der Waals surface area contributed by atoms with Crippen LogP contribution in [-0.4, -0.2) is 47.1 Å². The molecule has 0 aliphatic carbocycles. The Kier molecular flexibility index (Phi) is 8.13. The first-order chi connectivity index (χ1) is 19.3. The molecule has 1 aliphatic rings. The summed E-state index contributed by atoms with van der Waals surface area (Å²) in [4.78, 5) is 15.7. The third kappa shape index (κ3) is 6.49. The summed E-state index contributed by atoms with van der Waals surface area (Å²) >= 11 is 0.